The maximum absolute atomic E-state index is 6.25. The van der Waals surface area contributed by atoms with Crippen LogP contribution >= 0.6 is 0 Å². The maximum Gasteiger partial charge on any atom is 0.0745 e. The van der Waals surface area contributed by atoms with E-state index in [1.807, 2.05) is 0 Å². The first kappa shape index (κ1) is 16.5. The number of likely N-dealkylation sites (tertiary alicyclic amines) is 1. The van der Waals surface area contributed by atoms with Gasteiger partial charge < -0.3 is 9.64 Å². The van der Waals surface area contributed by atoms with Crippen LogP contribution in [0.1, 0.15) is 12.0 Å². The average Bonchev–Trinajstić information content (AvgIpc) is 3.00. The minimum atomic E-state index is 0.442. The van der Waals surface area contributed by atoms with Crippen LogP contribution in [0.25, 0.3) is 0 Å². The molecule has 1 aromatic rings. The van der Waals surface area contributed by atoms with E-state index in [9.17, 15) is 0 Å². The Labute approximate surface area is 146 Å². The molecule has 3 saturated heterocycles. The highest BCUT2D eigenvalue weighted by Gasteiger charge is 2.41. The first-order chi connectivity index (χ1) is 11.8. The molecule has 0 aromatic heterocycles. The summed E-state index contributed by atoms with van der Waals surface area (Å²) in [4.78, 5) is 7.68. The van der Waals surface area contributed by atoms with Gasteiger partial charge in [0.1, 0.15) is 0 Å². The molecule has 0 amide bonds. The minimum Gasteiger partial charge on any atom is -0.376 e. The molecule has 24 heavy (non-hydrogen) atoms. The molecule has 0 unspecified atom stereocenters. The van der Waals surface area contributed by atoms with E-state index in [1.54, 1.807) is 0 Å². The largest absolute Gasteiger partial charge is 0.376 e. The predicted octanol–water partition coefficient (Wildman–Crippen LogP) is 1.77. The summed E-state index contributed by atoms with van der Waals surface area (Å²) in [6, 6.07) is 10.9. The van der Waals surface area contributed by atoms with E-state index in [2.05, 4.69) is 52.1 Å². The van der Waals surface area contributed by atoms with Crippen molar-refractivity contribution in [2.24, 2.45) is 11.8 Å². The lowest BCUT2D eigenvalue weighted by Gasteiger charge is -2.38. The second-order valence-corrected chi connectivity index (χ2v) is 7.91. The van der Waals surface area contributed by atoms with E-state index < -0.39 is 0 Å². The van der Waals surface area contributed by atoms with Crippen molar-refractivity contribution in [2.45, 2.75) is 19.1 Å². The second kappa shape index (κ2) is 7.52. The van der Waals surface area contributed by atoms with Crippen LogP contribution < -0.4 is 0 Å². The zero-order chi connectivity index (χ0) is 16.4. The molecule has 3 heterocycles. The Morgan fingerprint density at radius 2 is 1.79 bits per heavy atom. The number of rotatable bonds is 4. The summed E-state index contributed by atoms with van der Waals surface area (Å²) in [7, 11) is 2.22. The van der Waals surface area contributed by atoms with Crippen LogP contribution in [-0.2, 0) is 11.3 Å². The van der Waals surface area contributed by atoms with E-state index >= 15 is 0 Å². The molecule has 4 rings (SSSR count). The van der Waals surface area contributed by atoms with Crippen molar-refractivity contribution in [1.82, 2.24) is 14.7 Å². The summed E-state index contributed by atoms with van der Waals surface area (Å²) >= 11 is 0. The molecule has 0 spiro atoms. The maximum atomic E-state index is 6.25. The summed E-state index contributed by atoms with van der Waals surface area (Å²) in [5.41, 5.74) is 1.44. The molecule has 3 aliphatic rings. The third-order valence-corrected chi connectivity index (χ3v) is 6.18. The topological polar surface area (TPSA) is 19.0 Å². The zero-order valence-electron chi connectivity index (χ0n) is 14.9. The zero-order valence-corrected chi connectivity index (χ0v) is 14.9. The molecule has 3 fully saturated rings. The van der Waals surface area contributed by atoms with Crippen LogP contribution in [0.2, 0.25) is 0 Å². The molecule has 1 aromatic carbocycles. The molecule has 3 aliphatic heterocycles. The van der Waals surface area contributed by atoms with E-state index in [0.29, 0.717) is 6.10 Å². The van der Waals surface area contributed by atoms with Gasteiger partial charge in [-0.1, -0.05) is 30.3 Å². The van der Waals surface area contributed by atoms with Crippen LogP contribution in [-0.4, -0.2) is 80.3 Å². The first-order valence-electron chi connectivity index (χ1n) is 9.57. The molecule has 0 bridgehead atoms. The van der Waals surface area contributed by atoms with Crippen LogP contribution in [0, 0.1) is 11.8 Å². The molecular formula is C20H31N3O. The van der Waals surface area contributed by atoms with Gasteiger partial charge in [-0.3, -0.25) is 9.80 Å². The lowest BCUT2D eigenvalue weighted by atomic mass is 9.84. The van der Waals surface area contributed by atoms with E-state index in [1.165, 1.54) is 51.3 Å². The monoisotopic (exact) mass is 329 g/mol. The van der Waals surface area contributed by atoms with Gasteiger partial charge in [-0.2, -0.15) is 0 Å². The summed E-state index contributed by atoms with van der Waals surface area (Å²) in [6.45, 7) is 10.4. The molecule has 0 aliphatic carbocycles. The van der Waals surface area contributed by atoms with Crippen molar-refractivity contribution < 1.29 is 4.74 Å². The highest BCUT2D eigenvalue weighted by molar-refractivity contribution is 5.14. The molecule has 132 valence electrons. The van der Waals surface area contributed by atoms with Crippen molar-refractivity contribution in [1.29, 1.82) is 0 Å². The third-order valence-electron chi connectivity index (χ3n) is 6.18. The molecule has 4 nitrogen and oxygen atoms in total. The Morgan fingerprint density at radius 1 is 1.00 bits per heavy atom. The van der Waals surface area contributed by atoms with Gasteiger partial charge in [-0.15, -0.1) is 0 Å². The quantitative estimate of drug-likeness (QED) is 0.838. The number of hydrogen-bond acceptors (Lipinski definition) is 4. The summed E-state index contributed by atoms with van der Waals surface area (Å²) in [6.07, 6.45) is 1.74. The van der Waals surface area contributed by atoms with E-state index in [0.717, 1.165) is 31.5 Å². The van der Waals surface area contributed by atoms with Gasteiger partial charge in [-0.05, 0) is 31.5 Å². The summed E-state index contributed by atoms with van der Waals surface area (Å²) in [5, 5.41) is 0. The van der Waals surface area contributed by atoms with Crippen molar-refractivity contribution in [3.05, 3.63) is 35.9 Å². The number of piperidine rings is 1. The minimum absolute atomic E-state index is 0.442. The second-order valence-electron chi connectivity index (χ2n) is 7.91. The average molecular weight is 329 g/mol. The fourth-order valence-electron chi connectivity index (χ4n) is 4.56. The first-order valence-corrected chi connectivity index (χ1v) is 9.57. The van der Waals surface area contributed by atoms with Crippen molar-refractivity contribution in [3.8, 4) is 0 Å². The SMILES string of the molecule is CN1CCN(C[C@@H]2OC[C@H]3CCN(Cc4ccccc4)C[C@H]32)CC1. The van der Waals surface area contributed by atoms with E-state index in [-0.39, 0.29) is 0 Å². The molecule has 3 atom stereocenters. The number of likely N-dealkylation sites (N-methyl/N-ethyl adjacent to an activating group) is 1. The Kier molecular flexibility index (Phi) is 5.18. The molecule has 4 heteroatoms. The Hall–Kier alpha value is -0.940. The van der Waals surface area contributed by atoms with Crippen molar-refractivity contribution in [3.63, 3.8) is 0 Å². The number of piperazine rings is 1. The lowest BCUT2D eigenvalue weighted by molar-refractivity contribution is 0.0297. The number of hydrogen-bond donors (Lipinski definition) is 0. The lowest BCUT2D eigenvalue weighted by Crippen LogP contribution is -2.49. The normalized spacial score (nSPS) is 32.8. The van der Waals surface area contributed by atoms with Gasteiger partial charge >= 0.3 is 0 Å². The van der Waals surface area contributed by atoms with Gasteiger partial charge in [0.15, 0.2) is 0 Å². The Bertz CT molecular complexity index is 515. The molecule has 0 N–H and O–H groups in total. The summed E-state index contributed by atoms with van der Waals surface area (Å²) < 4.78 is 6.25. The Morgan fingerprint density at radius 3 is 2.58 bits per heavy atom. The standard InChI is InChI=1S/C20H31N3O/c1-21-9-11-22(12-10-21)15-20-19-14-23(8-7-18(19)16-24-20)13-17-5-3-2-4-6-17/h2-6,18-20H,7-16H2,1H3/t18-,19-,20+/m1/s1. The van der Waals surface area contributed by atoms with Crippen LogP contribution in [0.5, 0.6) is 0 Å². The highest BCUT2D eigenvalue weighted by atomic mass is 16.5. The van der Waals surface area contributed by atoms with Crippen LogP contribution in [0.4, 0.5) is 0 Å². The van der Waals surface area contributed by atoms with Gasteiger partial charge in [0, 0.05) is 51.7 Å². The van der Waals surface area contributed by atoms with E-state index in [4.69, 9.17) is 4.74 Å². The fraction of sp³-hybridized carbons (Fsp3) is 0.700. The Balaban J connectivity index is 1.33. The predicted molar refractivity (Wildman–Crippen MR) is 97.0 cm³/mol. The van der Waals surface area contributed by atoms with Crippen LogP contribution in [0.15, 0.2) is 30.3 Å². The number of fused-ring (bicyclic) bond motifs is 1. The molecular weight excluding hydrogens is 298 g/mol. The number of benzene rings is 1. The smallest absolute Gasteiger partial charge is 0.0745 e. The fourth-order valence-corrected chi connectivity index (χ4v) is 4.56. The van der Waals surface area contributed by atoms with Crippen LogP contribution in [0.3, 0.4) is 0 Å². The summed E-state index contributed by atoms with van der Waals surface area (Å²) in [5.74, 6) is 1.51. The molecule has 0 radical (unpaired) electrons. The van der Waals surface area contributed by atoms with Gasteiger partial charge in [0.25, 0.3) is 0 Å². The van der Waals surface area contributed by atoms with Crippen molar-refractivity contribution in [2.75, 3.05) is 59.5 Å². The van der Waals surface area contributed by atoms with Gasteiger partial charge in [0.2, 0.25) is 0 Å². The van der Waals surface area contributed by atoms with Gasteiger partial charge in [0.05, 0.1) is 12.7 Å². The number of nitrogens with zero attached hydrogens (tertiary/aromatic N) is 3. The van der Waals surface area contributed by atoms with Gasteiger partial charge in [-0.25, -0.2) is 0 Å². The van der Waals surface area contributed by atoms with Crippen molar-refractivity contribution >= 4 is 0 Å². The highest BCUT2D eigenvalue weighted by Crippen LogP contribution is 2.35. The molecule has 0 saturated carbocycles. The number of ether oxygens (including phenoxy) is 1. The third kappa shape index (κ3) is 3.83.